The van der Waals surface area contributed by atoms with Gasteiger partial charge in [-0.1, -0.05) is 32.9 Å². The molecular formula is C15H23NO4S. The highest BCUT2D eigenvalue weighted by Gasteiger charge is 2.12. The summed E-state index contributed by atoms with van der Waals surface area (Å²) in [5, 5.41) is 5.02. The third kappa shape index (κ3) is 7.24. The van der Waals surface area contributed by atoms with Gasteiger partial charge in [-0.05, 0) is 36.0 Å². The van der Waals surface area contributed by atoms with Crippen molar-refractivity contribution < 1.29 is 17.9 Å². The third-order valence-electron chi connectivity index (χ3n) is 2.98. The molecule has 0 unspecified atom stereocenters. The molecule has 0 aliphatic heterocycles. The van der Waals surface area contributed by atoms with E-state index in [0.717, 1.165) is 12.0 Å². The van der Waals surface area contributed by atoms with Gasteiger partial charge in [0.05, 0.1) is 11.5 Å². The van der Waals surface area contributed by atoms with E-state index in [1.165, 1.54) is 12.1 Å². The average Bonchev–Trinajstić information content (AvgIpc) is 2.34. The third-order valence-corrected chi connectivity index (χ3v) is 3.91. The van der Waals surface area contributed by atoms with E-state index in [1.54, 1.807) is 12.1 Å². The molecule has 2 N–H and O–H groups in total. The average molecular weight is 313 g/mol. The summed E-state index contributed by atoms with van der Waals surface area (Å²) in [5.74, 6) is -0.241. The monoisotopic (exact) mass is 313 g/mol. The first-order valence-corrected chi connectivity index (χ1v) is 8.40. The molecule has 6 heteroatoms. The van der Waals surface area contributed by atoms with Crippen LogP contribution in [0.15, 0.2) is 29.2 Å². The highest BCUT2D eigenvalue weighted by Crippen LogP contribution is 2.18. The number of carbonyl (C=O) groups excluding carboxylic acids is 1. The first-order valence-electron chi connectivity index (χ1n) is 6.85. The van der Waals surface area contributed by atoms with Crippen LogP contribution in [0.5, 0.6) is 0 Å². The first-order chi connectivity index (χ1) is 9.58. The topological polar surface area (TPSA) is 86.5 Å². The molecular weight excluding hydrogens is 290 g/mol. The number of sulfonamides is 1. The van der Waals surface area contributed by atoms with Gasteiger partial charge >= 0.3 is 5.97 Å². The smallest absolute Gasteiger partial charge is 0.306 e. The zero-order valence-corrected chi connectivity index (χ0v) is 13.6. The summed E-state index contributed by atoms with van der Waals surface area (Å²) in [6, 6.07) is 6.19. The van der Waals surface area contributed by atoms with Crippen molar-refractivity contribution in [1.82, 2.24) is 0 Å². The highest BCUT2D eigenvalue weighted by atomic mass is 32.2. The zero-order chi connectivity index (χ0) is 16.1. The molecule has 0 saturated carbocycles. The summed E-state index contributed by atoms with van der Waals surface area (Å²) in [6.07, 6.45) is 1.61. The van der Waals surface area contributed by atoms with Crippen molar-refractivity contribution in [2.24, 2.45) is 10.6 Å². The van der Waals surface area contributed by atoms with Crippen molar-refractivity contribution in [3.05, 3.63) is 29.8 Å². The number of ether oxygens (including phenoxy) is 1. The lowest BCUT2D eigenvalue weighted by Crippen LogP contribution is -2.13. The van der Waals surface area contributed by atoms with E-state index in [0.29, 0.717) is 13.0 Å². The molecule has 0 aliphatic rings. The summed E-state index contributed by atoms with van der Waals surface area (Å²) >= 11 is 0. The minimum absolute atomic E-state index is 0.0685. The fourth-order valence-corrected chi connectivity index (χ4v) is 2.15. The predicted octanol–water partition coefficient (Wildman–Crippen LogP) is 2.25. The molecule has 0 amide bonds. The van der Waals surface area contributed by atoms with Gasteiger partial charge in [0.2, 0.25) is 10.0 Å². The molecule has 0 fully saturated rings. The molecule has 0 spiro atoms. The van der Waals surface area contributed by atoms with Crippen LogP contribution in [0.3, 0.4) is 0 Å². The van der Waals surface area contributed by atoms with Crippen LogP contribution >= 0.6 is 0 Å². The fourth-order valence-electron chi connectivity index (χ4n) is 1.64. The Morgan fingerprint density at radius 2 is 1.76 bits per heavy atom. The second-order valence-corrected chi connectivity index (χ2v) is 7.78. The van der Waals surface area contributed by atoms with Crippen LogP contribution in [0, 0.1) is 5.41 Å². The maximum atomic E-state index is 11.6. The second kappa shape index (κ2) is 7.04. The maximum Gasteiger partial charge on any atom is 0.306 e. The van der Waals surface area contributed by atoms with E-state index in [9.17, 15) is 13.2 Å². The van der Waals surface area contributed by atoms with Crippen molar-refractivity contribution in [3.63, 3.8) is 0 Å². The van der Waals surface area contributed by atoms with E-state index < -0.39 is 10.0 Å². The van der Waals surface area contributed by atoms with Crippen molar-refractivity contribution in [1.29, 1.82) is 0 Å². The van der Waals surface area contributed by atoms with Gasteiger partial charge in [0.15, 0.2) is 0 Å². The summed E-state index contributed by atoms with van der Waals surface area (Å²) in [5.41, 5.74) is 1.01. The molecule has 1 aromatic rings. The van der Waals surface area contributed by atoms with Gasteiger partial charge in [-0.3, -0.25) is 4.79 Å². The van der Waals surface area contributed by atoms with Gasteiger partial charge in [-0.15, -0.1) is 0 Å². The van der Waals surface area contributed by atoms with Crippen molar-refractivity contribution in [3.8, 4) is 0 Å². The molecule has 118 valence electrons. The number of hydrogen-bond donors (Lipinski definition) is 1. The van der Waals surface area contributed by atoms with Crippen molar-refractivity contribution >= 4 is 16.0 Å². The van der Waals surface area contributed by atoms with Gasteiger partial charge < -0.3 is 4.74 Å². The number of aryl methyl sites for hydroxylation is 1. The molecule has 21 heavy (non-hydrogen) atoms. The maximum absolute atomic E-state index is 11.6. The number of benzene rings is 1. The Balaban J connectivity index is 2.40. The molecule has 0 heterocycles. The van der Waals surface area contributed by atoms with Gasteiger partial charge in [0, 0.05) is 6.42 Å². The van der Waals surface area contributed by atoms with Crippen LogP contribution in [-0.4, -0.2) is 21.0 Å². The molecule has 0 bridgehead atoms. The SMILES string of the molecule is CC(C)(C)CCOC(=O)CCc1ccc(S(N)(=O)=O)cc1. The molecule has 1 rings (SSSR count). The van der Waals surface area contributed by atoms with E-state index in [2.05, 4.69) is 20.8 Å². The largest absolute Gasteiger partial charge is 0.466 e. The van der Waals surface area contributed by atoms with Crippen LogP contribution in [0.2, 0.25) is 0 Å². The lowest BCUT2D eigenvalue weighted by atomic mass is 9.93. The summed E-state index contributed by atoms with van der Waals surface area (Å²) in [4.78, 5) is 11.7. The predicted molar refractivity (Wildman–Crippen MR) is 81.2 cm³/mol. The quantitative estimate of drug-likeness (QED) is 0.816. The molecule has 0 aliphatic carbocycles. The summed E-state index contributed by atoms with van der Waals surface area (Å²) in [6.45, 7) is 6.70. The molecule has 5 nitrogen and oxygen atoms in total. The summed E-state index contributed by atoms with van der Waals surface area (Å²) < 4.78 is 27.4. The van der Waals surface area contributed by atoms with Gasteiger partial charge in [-0.2, -0.15) is 0 Å². The highest BCUT2D eigenvalue weighted by molar-refractivity contribution is 7.89. The Labute approximate surface area is 126 Å². The number of esters is 1. The number of carbonyl (C=O) groups is 1. The van der Waals surface area contributed by atoms with E-state index >= 15 is 0 Å². The summed E-state index contributed by atoms with van der Waals surface area (Å²) in [7, 11) is -3.67. The first kappa shape index (κ1) is 17.7. The minimum atomic E-state index is -3.67. The standard InChI is InChI=1S/C15H23NO4S/c1-15(2,3)10-11-20-14(17)9-6-12-4-7-13(8-5-12)21(16,18)19/h4-5,7-8H,6,9-11H2,1-3H3,(H2,16,18,19). The van der Waals surface area contributed by atoms with E-state index in [4.69, 9.17) is 9.88 Å². The Kier molecular flexibility index (Phi) is 5.92. The lowest BCUT2D eigenvalue weighted by Gasteiger charge is -2.17. The van der Waals surface area contributed by atoms with Crippen molar-refractivity contribution in [2.75, 3.05) is 6.61 Å². The fraction of sp³-hybridized carbons (Fsp3) is 0.533. The minimum Gasteiger partial charge on any atom is -0.466 e. The van der Waals surface area contributed by atoms with Gasteiger partial charge in [0.1, 0.15) is 0 Å². The Hall–Kier alpha value is -1.40. The lowest BCUT2D eigenvalue weighted by molar-refractivity contribution is -0.144. The number of nitrogens with two attached hydrogens (primary N) is 1. The van der Waals surface area contributed by atoms with E-state index in [1.807, 2.05) is 0 Å². The molecule has 0 saturated heterocycles. The van der Waals surface area contributed by atoms with Crippen LogP contribution in [0.1, 0.15) is 39.2 Å². The Bertz CT molecular complexity index is 571. The van der Waals surface area contributed by atoms with Crippen LogP contribution < -0.4 is 5.14 Å². The van der Waals surface area contributed by atoms with E-state index in [-0.39, 0.29) is 22.7 Å². The number of hydrogen-bond acceptors (Lipinski definition) is 4. The van der Waals surface area contributed by atoms with Gasteiger partial charge in [-0.25, -0.2) is 13.6 Å². The zero-order valence-electron chi connectivity index (χ0n) is 12.8. The van der Waals surface area contributed by atoms with Crippen LogP contribution in [0.25, 0.3) is 0 Å². The molecule has 0 atom stereocenters. The Morgan fingerprint density at radius 1 is 1.19 bits per heavy atom. The van der Waals surface area contributed by atoms with Gasteiger partial charge in [0.25, 0.3) is 0 Å². The normalized spacial score (nSPS) is 12.2. The number of rotatable bonds is 6. The Morgan fingerprint density at radius 3 is 2.24 bits per heavy atom. The number of primary sulfonamides is 1. The molecule has 0 aromatic heterocycles. The van der Waals surface area contributed by atoms with Crippen LogP contribution in [0.4, 0.5) is 0 Å². The molecule has 0 radical (unpaired) electrons. The second-order valence-electron chi connectivity index (χ2n) is 6.22. The van der Waals surface area contributed by atoms with Crippen molar-refractivity contribution in [2.45, 2.75) is 44.9 Å². The van der Waals surface area contributed by atoms with Crippen LogP contribution in [-0.2, 0) is 26.0 Å². The molecule has 1 aromatic carbocycles.